The lowest BCUT2D eigenvalue weighted by atomic mass is 9.96. The molecule has 0 saturated carbocycles. The summed E-state index contributed by atoms with van der Waals surface area (Å²) in [5.41, 5.74) is 0.732. The maximum absolute atomic E-state index is 12.0. The summed E-state index contributed by atoms with van der Waals surface area (Å²) >= 11 is 0. The van der Waals surface area contributed by atoms with Gasteiger partial charge in [-0.05, 0) is 44.2 Å². The minimum absolute atomic E-state index is 0.0745. The first-order chi connectivity index (χ1) is 12.0. The molecule has 4 nitrogen and oxygen atoms in total. The molecule has 0 atom stereocenters. The van der Waals surface area contributed by atoms with Gasteiger partial charge in [0.2, 0.25) is 5.91 Å². The van der Waals surface area contributed by atoms with Crippen LogP contribution in [0.15, 0.2) is 30.3 Å². The summed E-state index contributed by atoms with van der Waals surface area (Å²) in [6, 6.07) is 9.29. The van der Waals surface area contributed by atoms with Gasteiger partial charge < -0.3 is 10.2 Å². The number of benzene rings is 1. The van der Waals surface area contributed by atoms with E-state index in [9.17, 15) is 9.59 Å². The van der Waals surface area contributed by atoms with Crippen LogP contribution in [-0.4, -0.2) is 42.8 Å². The monoisotopic (exact) mass is 344 g/mol. The second-order valence-corrected chi connectivity index (χ2v) is 7.58. The van der Waals surface area contributed by atoms with Gasteiger partial charge in [0.25, 0.3) is 0 Å². The third-order valence-corrected chi connectivity index (χ3v) is 4.82. The van der Waals surface area contributed by atoms with Crippen LogP contribution in [0.4, 0.5) is 0 Å². The van der Waals surface area contributed by atoms with E-state index in [-0.39, 0.29) is 11.7 Å². The molecule has 0 bridgehead atoms. The van der Waals surface area contributed by atoms with E-state index in [0.717, 1.165) is 31.1 Å². The highest BCUT2D eigenvalue weighted by Crippen LogP contribution is 2.17. The van der Waals surface area contributed by atoms with Gasteiger partial charge in [0, 0.05) is 31.5 Å². The maximum Gasteiger partial charge on any atom is 0.220 e. The van der Waals surface area contributed by atoms with Gasteiger partial charge in [0.15, 0.2) is 5.78 Å². The Morgan fingerprint density at radius 1 is 1.12 bits per heavy atom. The van der Waals surface area contributed by atoms with Crippen LogP contribution in [0.5, 0.6) is 0 Å². The molecule has 25 heavy (non-hydrogen) atoms. The van der Waals surface area contributed by atoms with E-state index >= 15 is 0 Å². The Morgan fingerprint density at radius 3 is 2.44 bits per heavy atom. The van der Waals surface area contributed by atoms with Gasteiger partial charge in [0.1, 0.15) is 0 Å². The molecule has 1 saturated heterocycles. The van der Waals surface area contributed by atoms with Crippen LogP contribution < -0.4 is 5.32 Å². The number of carbonyl (C=O) groups excluding carboxylic acids is 2. The zero-order chi connectivity index (χ0) is 18.1. The van der Waals surface area contributed by atoms with E-state index < -0.39 is 0 Å². The van der Waals surface area contributed by atoms with E-state index in [2.05, 4.69) is 24.1 Å². The molecule has 1 aromatic carbocycles. The van der Waals surface area contributed by atoms with Crippen molar-refractivity contribution >= 4 is 11.7 Å². The summed E-state index contributed by atoms with van der Waals surface area (Å²) in [5.74, 6) is 1.50. The first kappa shape index (κ1) is 19.6. The van der Waals surface area contributed by atoms with Crippen molar-refractivity contribution in [2.24, 2.45) is 11.8 Å². The van der Waals surface area contributed by atoms with E-state index in [0.29, 0.717) is 25.2 Å². The number of amides is 1. The smallest absolute Gasteiger partial charge is 0.220 e. The average molecular weight is 344 g/mol. The number of carbonyl (C=O) groups is 2. The van der Waals surface area contributed by atoms with Crippen molar-refractivity contribution in [1.29, 1.82) is 0 Å². The largest absolute Gasteiger partial charge is 0.356 e. The Kier molecular flexibility index (Phi) is 8.13. The van der Waals surface area contributed by atoms with Crippen LogP contribution in [0.2, 0.25) is 0 Å². The molecule has 1 aliphatic rings. The van der Waals surface area contributed by atoms with Crippen molar-refractivity contribution in [3.05, 3.63) is 35.9 Å². The lowest BCUT2D eigenvalue weighted by Gasteiger charge is -2.33. The van der Waals surface area contributed by atoms with Crippen LogP contribution in [0.25, 0.3) is 0 Å². The SMILES string of the molecule is CC(C)CN1CCC(CNC(=O)CCCC(=O)c2ccccc2)CC1. The summed E-state index contributed by atoms with van der Waals surface area (Å²) in [7, 11) is 0. The minimum atomic E-state index is 0.0745. The molecule has 1 aliphatic heterocycles. The average Bonchev–Trinajstić information content (AvgIpc) is 2.61. The minimum Gasteiger partial charge on any atom is -0.356 e. The van der Waals surface area contributed by atoms with Gasteiger partial charge in [-0.3, -0.25) is 9.59 Å². The topological polar surface area (TPSA) is 49.4 Å². The Bertz CT molecular complexity index is 534. The number of ketones is 1. The van der Waals surface area contributed by atoms with Crippen LogP contribution in [-0.2, 0) is 4.79 Å². The lowest BCUT2D eigenvalue weighted by molar-refractivity contribution is -0.121. The molecule has 4 heteroatoms. The second kappa shape index (κ2) is 10.3. The molecule has 0 spiro atoms. The number of piperidine rings is 1. The molecule has 0 unspecified atom stereocenters. The van der Waals surface area contributed by atoms with E-state index in [1.165, 1.54) is 19.4 Å². The molecule has 1 heterocycles. The van der Waals surface area contributed by atoms with Crippen molar-refractivity contribution in [2.45, 2.75) is 46.0 Å². The Balaban J connectivity index is 1.56. The molecule has 1 N–H and O–H groups in total. The van der Waals surface area contributed by atoms with Gasteiger partial charge in [-0.2, -0.15) is 0 Å². The highest BCUT2D eigenvalue weighted by molar-refractivity contribution is 5.96. The quantitative estimate of drug-likeness (QED) is 0.697. The van der Waals surface area contributed by atoms with Gasteiger partial charge in [0.05, 0.1) is 0 Å². The molecular weight excluding hydrogens is 312 g/mol. The predicted octanol–water partition coefficient (Wildman–Crippen LogP) is 3.52. The number of rotatable bonds is 9. The Morgan fingerprint density at radius 2 is 1.80 bits per heavy atom. The first-order valence-electron chi connectivity index (χ1n) is 9.62. The van der Waals surface area contributed by atoms with Gasteiger partial charge in [-0.15, -0.1) is 0 Å². The predicted molar refractivity (Wildman–Crippen MR) is 102 cm³/mol. The Hall–Kier alpha value is -1.68. The molecule has 2 rings (SSSR count). The molecular formula is C21H32N2O2. The van der Waals surface area contributed by atoms with Gasteiger partial charge in [-0.1, -0.05) is 44.2 Å². The van der Waals surface area contributed by atoms with E-state index in [1.54, 1.807) is 0 Å². The van der Waals surface area contributed by atoms with Crippen molar-refractivity contribution in [2.75, 3.05) is 26.2 Å². The van der Waals surface area contributed by atoms with Crippen molar-refractivity contribution in [1.82, 2.24) is 10.2 Å². The summed E-state index contributed by atoms with van der Waals surface area (Å²) in [5, 5.41) is 3.05. The number of nitrogens with one attached hydrogen (secondary N) is 1. The fraction of sp³-hybridized carbons (Fsp3) is 0.619. The van der Waals surface area contributed by atoms with Crippen molar-refractivity contribution in [3.63, 3.8) is 0 Å². The summed E-state index contributed by atoms with van der Waals surface area (Å²) in [6.07, 6.45) is 3.82. The second-order valence-electron chi connectivity index (χ2n) is 7.58. The van der Waals surface area contributed by atoms with E-state index in [1.807, 2.05) is 30.3 Å². The number of Topliss-reactive ketones (excluding diaryl/α,β-unsaturated/α-hetero) is 1. The van der Waals surface area contributed by atoms with Crippen LogP contribution >= 0.6 is 0 Å². The van der Waals surface area contributed by atoms with Crippen LogP contribution in [0.3, 0.4) is 0 Å². The van der Waals surface area contributed by atoms with Gasteiger partial charge in [-0.25, -0.2) is 0 Å². The third-order valence-electron chi connectivity index (χ3n) is 4.82. The highest BCUT2D eigenvalue weighted by Gasteiger charge is 2.20. The third kappa shape index (κ3) is 7.39. The molecule has 0 radical (unpaired) electrons. The fourth-order valence-corrected chi connectivity index (χ4v) is 3.41. The number of hydrogen-bond donors (Lipinski definition) is 1. The molecule has 138 valence electrons. The molecule has 1 aromatic rings. The first-order valence-corrected chi connectivity index (χ1v) is 9.62. The lowest BCUT2D eigenvalue weighted by Crippen LogP contribution is -2.40. The van der Waals surface area contributed by atoms with Crippen LogP contribution in [0.1, 0.15) is 56.3 Å². The highest BCUT2D eigenvalue weighted by atomic mass is 16.1. The number of likely N-dealkylation sites (tertiary alicyclic amines) is 1. The van der Waals surface area contributed by atoms with Crippen molar-refractivity contribution in [3.8, 4) is 0 Å². The molecule has 0 aromatic heterocycles. The maximum atomic E-state index is 12.0. The summed E-state index contributed by atoms with van der Waals surface area (Å²) in [6.45, 7) is 8.76. The fourth-order valence-electron chi connectivity index (χ4n) is 3.41. The Labute approximate surface area is 152 Å². The zero-order valence-electron chi connectivity index (χ0n) is 15.7. The molecule has 1 fully saturated rings. The van der Waals surface area contributed by atoms with E-state index in [4.69, 9.17) is 0 Å². The summed E-state index contributed by atoms with van der Waals surface area (Å²) in [4.78, 5) is 26.5. The number of hydrogen-bond acceptors (Lipinski definition) is 3. The van der Waals surface area contributed by atoms with Crippen LogP contribution in [0, 0.1) is 11.8 Å². The molecule has 1 amide bonds. The summed E-state index contributed by atoms with van der Waals surface area (Å²) < 4.78 is 0. The normalized spacial score (nSPS) is 16.1. The number of nitrogens with zero attached hydrogens (tertiary/aromatic N) is 1. The standard InChI is InChI=1S/C21H32N2O2/c1-17(2)16-23-13-11-18(12-14-23)15-22-21(25)10-6-9-20(24)19-7-4-3-5-8-19/h3-5,7-8,17-18H,6,9-16H2,1-2H3,(H,22,25). The van der Waals surface area contributed by atoms with Crippen molar-refractivity contribution < 1.29 is 9.59 Å². The zero-order valence-corrected chi connectivity index (χ0v) is 15.7. The van der Waals surface area contributed by atoms with Gasteiger partial charge >= 0.3 is 0 Å². The molecule has 0 aliphatic carbocycles.